The molecule has 2 unspecified atom stereocenters. The molecule has 0 aromatic heterocycles. The maximum Gasteiger partial charge on any atom is 0.0745 e. The Labute approximate surface area is 126 Å². The summed E-state index contributed by atoms with van der Waals surface area (Å²) in [7, 11) is 0. The van der Waals surface area contributed by atoms with Crippen LogP contribution in [-0.2, 0) is 0 Å². The first-order valence-corrected chi connectivity index (χ1v) is 7.81. The Morgan fingerprint density at radius 1 is 1.32 bits per heavy atom. The van der Waals surface area contributed by atoms with Crippen LogP contribution in [0.1, 0.15) is 26.7 Å². The fourth-order valence-electron chi connectivity index (χ4n) is 2.77. The molecule has 0 amide bonds. The molecule has 1 aromatic carbocycles. The first-order chi connectivity index (χ1) is 9.13. The Kier molecular flexibility index (Phi) is 5.37. The number of nitrogens with one attached hydrogen (secondary N) is 1. The molecular weight excluding hydrogens is 279 g/mol. The predicted octanol–water partition coefficient (Wildman–Crippen LogP) is 4.21. The van der Waals surface area contributed by atoms with Crippen LogP contribution in [0, 0.1) is 5.92 Å². The van der Waals surface area contributed by atoms with Crippen molar-refractivity contribution in [3.8, 4) is 0 Å². The summed E-state index contributed by atoms with van der Waals surface area (Å²) in [6.45, 7) is 7.61. The summed E-state index contributed by atoms with van der Waals surface area (Å²) in [6, 6.07) is 6.33. The standard InChI is InChI=1S/C15H22Cl2N2/c1-3-8-18-14-7-9-19(10-11(14)2)15-12(16)5-4-6-13(15)17/h4-6,11,14,18H,3,7-10H2,1-2H3. The zero-order chi connectivity index (χ0) is 13.8. The molecule has 2 rings (SSSR count). The van der Waals surface area contributed by atoms with Gasteiger partial charge in [-0.1, -0.05) is 43.1 Å². The van der Waals surface area contributed by atoms with E-state index in [4.69, 9.17) is 23.2 Å². The third-order valence-corrected chi connectivity index (χ3v) is 4.43. The highest BCUT2D eigenvalue weighted by atomic mass is 35.5. The van der Waals surface area contributed by atoms with Gasteiger partial charge in [0.25, 0.3) is 0 Å². The Bertz CT molecular complexity index is 402. The highest BCUT2D eigenvalue weighted by molar-refractivity contribution is 6.39. The Balaban J connectivity index is 2.05. The topological polar surface area (TPSA) is 15.3 Å². The molecule has 106 valence electrons. The van der Waals surface area contributed by atoms with E-state index in [1.165, 1.54) is 6.42 Å². The SMILES string of the molecule is CCCNC1CCN(c2c(Cl)cccc2Cl)CC1C. The van der Waals surface area contributed by atoms with Crippen LogP contribution in [0.5, 0.6) is 0 Å². The molecule has 2 atom stereocenters. The highest BCUT2D eigenvalue weighted by Gasteiger charge is 2.27. The summed E-state index contributed by atoms with van der Waals surface area (Å²) in [6.07, 6.45) is 2.33. The molecule has 0 aliphatic carbocycles. The summed E-state index contributed by atoms with van der Waals surface area (Å²) in [5.74, 6) is 0.604. The Hall–Kier alpha value is -0.440. The lowest BCUT2D eigenvalue weighted by atomic mass is 9.93. The number of rotatable bonds is 4. The first-order valence-electron chi connectivity index (χ1n) is 7.05. The van der Waals surface area contributed by atoms with Crippen LogP contribution in [0.4, 0.5) is 5.69 Å². The Morgan fingerprint density at radius 3 is 2.58 bits per heavy atom. The third-order valence-electron chi connectivity index (χ3n) is 3.82. The van der Waals surface area contributed by atoms with Crippen molar-refractivity contribution < 1.29 is 0 Å². The van der Waals surface area contributed by atoms with Crippen LogP contribution in [-0.4, -0.2) is 25.7 Å². The fourth-order valence-corrected chi connectivity index (χ4v) is 3.41. The number of para-hydroxylation sites is 1. The number of hydrogen-bond donors (Lipinski definition) is 1. The molecule has 2 nitrogen and oxygen atoms in total. The van der Waals surface area contributed by atoms with Crippen molar-refractivity contribution >= 4 is 28.9 Å². The molecular formula is C15H22Cl2N2. The van der Waals surface area contributed by atoms with E-state index in [0.717, 1.165) is 41.8 Å². The van der Waals surface area contributed by atoms with Gasteiger partial charge >= 0.3 is 0 Å². The molecule has 1 aromatic rings. The van der Waals surface area contributed by atoms with Gasteiger partial charge in [-0.3, -0.25) is 0 Å². The summed E-state index contributed by atoms with van der Waals surface area (Å²) in [4.78, 5) is 2.32. The monoisotopic (exact) mass is 300 g/mol. The number of anilines is 1. The molecule has 1 aliphatic heterocycles. The minimum atomic E-state index is 0.604. The number of hydrogen-bond acceptors (Lipinski definition) is 2. The zero-order valence-electron chi connectivity index (χ0n) is 11.6. The number of nitrogens with zero attached hydrogens (tertiary/aromatic N) is 1. The van der Waals surface area contributed by atoms with Crippen molar-refractivity contribution in [2.75, 3.05) is 24.5 Å². The van der Waals surface area contributed by atoms with Crippen LogP contribution >= 0.6 is 23.2 Å². The van der Waals surface area contributed by atoms with E-state index in [0.29, 0.717) is 12.0 Å². The lowest BCUT2D eigenvalue weighted by molar-refractivity contribution is 0.322. The summed E-state index contributed by atoms with van der Waals surface area (Å²) in [5.41, 5.74) is 0.992. The maximum absolute atomic E-state index is 6.29. The van der Waals surface area contributed by atoms with Crippen LogP contribution < -0.4 is 10.2 Å². The molecule has 0 spiro atoms. The van der Waals surface area contributed by atoms with Gasteiger partial charge in [0.1, 0.15) is 0 Å². The molecule has 1 saturated heterocycles. The molecule has 1 heterocycles. The van der Waals surface area contributed by atoms with Gasteiger partial charge in [0.05, 0.1) is 15.7 Å². The molecule has 0 radical (unpaired) electrons. The predicted molar refractivity (Wildman–Crippen MR) is 84.5 cm³/mol. The largest absolute Gasteiger partial charge is 0.369 e. The molecule has 1 fully saturated rings. The van der Waals surface area contributed by atoms with Gasteiger partial charge in [-0.05, 0) is 37.4 Å². The molecule has 19 heavy (non-hydrogen) atoms. The van der Waals surface area contributed by atoms with Gasteiger partial charge < -0.3 is 10.2 Å². The van der Waals surface area contributed by atoms with Crippen LogP contribution in [0.15, 0.2) is 18.2 Å². The van der Waals surface area contributed by atoms with Gasteiger partial charge in [0.15, 0.2) is 0 Å². The van der Waals surface area contributed by atoms with E-state index >= 15 is 0 Å². The smallest absolute Gasteiger partial charge is 0.0745 e. The van der Waals surface area contributed by atoms with E-state index in [2.05, 4.69) is 24.1 Å². The average molecular weight is 301 g/mol. The normalized spacial score (nSPS) is 23.7. The van der Waals surface area contributed by atoms with Crippen LogP contribution in [0.2, 0.25) is 10.0 Å². The van der Waals surface area contributed by atoms with E-state index in [9.17, 15) is 0 Å². The third kappa shape index (κ3) is 3.56. The van der Waals surface area contributed by atoms with Crippen LogP contribution in [0.3, 0.4) is 0 Å². The van der Waals surface area contributed by atoms with E-state index in [-0.39, 0.29) is 0 Å². The van der Waals surface area contributed by atoms with Crippen molar-refractivity contribution in [3.63, 3.8) is 0 Å². The average Bonchev–Trinajstić information content (AvgIpc) is 2.37. The fraction of sp³-hybridized carbons (Fsp3) is 0.600. The van der Waals surface area contributed by atoms with Crippen molar-refractivity contribution in [1.82, 2.24) is 5.32 Å². The van der Waals surface area contributed by atoms with Crippen LogP contribution in [0.25, 0.3) is 0 Å². The van der Waals surface area contributed by atoms with Crippen molar-refractivity contribution in [3.05, 3.63) is 28.2 Å². The maximum atomic E-state index is 6.29. The molecule has 1 aliphatic rings. The summed E-state index contributed by atoms with van der Waals surface area (Å²) >= 11 is 12.6. The second-order valence-corrected chi connectivity index (χ2v) is 6.16. The van der Waals surface area contributed by atoms with Crippen molar-refractivity contribution in [1.29, 1.82) is 0 Å². The minimum absolute atomic E-state index is 0.604. The lowest BCUT2D eigenvalue weighted by Crippen LogP contribution is -2.48. The number of benzene rings is 1. The van der Waals surface area contributed by atoms with Crippen molar-refractivity contribution in [2.24, 2.45) is 5.92 Å². The molecule has 1 N–H and O–H groups in total. The summed E-state index contributed by atoms with van der Waals surface area (Å²) < 4.78 is 0. The quantitative estimate of drug-likeness (QED) is 0.896. The van der Waals surface area contributed by atoms with E-state index < -0.39 is 0 Å². The second kappa shape index (κ2) is 6.83. The minimum Gasteiger partial charge on any atom is -0.369 e. The molecule has 0 saturated carbocycles. The second-order valence-electron chi connectivity index (χ2n) is 5.34. The molecule has 4 heteroatoms. The van der Waals surface area contributed by atoms with Gasteiger partial charge in [-0.25, -0.2) is 0 Å². The zero-order valence-corrected chi connectivity index (χ0v) is 13.1. The van der Waals surface area contributed by atoms with Gasteiger partial charge in [0, 0.05) is 19.1 Å². The van der Waals surface area contributed by atoms with Gasteiger partial charge in [0.2, 0.25) is 0 Å². The van der Waals surface area contributed by atoms with Crippen molar-refractivity contribution in [2.45, 2.75) is 32.7 Å². The van der Waals surface area contributed by atoms with E-state index in [1.54, 1.807) is 0 Å². The van der Waals surface area contributed by atoms with Gasteiger partial charge in [-0.2, -0.15) is 0 Å². The molecule has 0 bridgehead atoms. The number of piperidine rings is 1. The van der Waals surface area contributed by atoms with Gasteiger partial charge in [-0.15, -0.1) is 0 Å². The number of halogens is 2. The van der Waals surface area contributed by atoms with E-state index in [1.807, 2.05) is 18.2 Å². The lowest BCUT2D eigenvalue weighted by Gasteiger charge is -2.39. The Morgan fingerprint density at radius 2 is 2.00 bits per heavy atom. The first kappa shape index (κ1) is 15.0. The summed E-state index contributed by atoms with van der Waals surface area (Å²) in [5, 5.41) is 5.13. The highest BCUT2D eigenvalue weighted by Crippen LogP contribution is 2.35.